The first-order valence-corrected chi connectivity index (χ1v) is 8.16. The zero-order valence-corrected chi connectivity index (χ0v) is 10.8. The number of aldehydes is 1. The quantitative estimate of drug-likeness (QED) is 0.449. The molecule has 0 radical (unpaired) electrons. The van der Waals surface area contributed by atoms with E-state index < -0.39 is 0 Å². The second kappa shape index (κ2) is 13.7. The van der Waals surface area contributed by atoms with Crippen molar-refractivity contribution in [2.45, 2.75) is 6.42 Å². The Balaban J connectivity index is 2.81. The molecule has 0 saturated carbocycles. The van der Waals surface area contributed by atoms with E-state index >= 15 is 0 Å². The number of carbonyl (C=O) groups excluding carboxylic acids is 1. The van der Waals surface area contributed by atoms with Gasteiger partial charge in [-0.15, -0.1) is 0 Å². The Morgan fingerprint density at radius 3 is 1.86 bits per heavy atom. The van der Waals surface area contributed by atoms with Gasteiger partial charge in [0, 0.05) is 35.2 Å². The van der Waals surface area contributed by atoms with Gasteiger partial charge in [-0.1, -0.05) is 0 Å². The SMILES string of the molecule is O=CCCSCCSCCSCCO. The minimum atomic E-state index is 0.289. The minimum absolute atomic E-state index is 0.289. The van der Waals surface area contributed by atoms with Crippen LogP contribution in [0.2, 0.25) is 0 Å². The Hall–Kier alpha value is 0.680. The highest BCUT2D eigenvalue weighted by molar-refractivity contribution is 8.04. The molecule has 0 aliphatic heterocycles. The van der Waals surface area contributed by atoms with Crippen molar-refractivity contribution in [3.8, 4) is 0 Å². The fraction of sp³-hybridized carbons (Fsp3) is 0.889. The molecule has 0 aliphatic carbocycles. The summed E-state index contributed by atoms with van der Waals surface area (Å²) in [6.07, 6.45) is 1.66. The maximum atomic E-state index is 10.00. The first-order valence-electron chi connectivity index (χ1n) is 4.69. The third-order valence-corrected chi connectivity index (χ3v) is 4.84. The molecule has 0 aliphatic rings. The summed E-state index contributed by atoms with van der Waals surface area (Å²) in [7, 11) is 0. The number of aliphatic hydroxyl groups excluding tert-OH is 1. The van der Waals surface area contributed by atoms with Crippen molar-refractivity contribution in [1.82, 2.24) is 0 Å². The van der Waals surface area contributed by atoms with Crippen LogP contribution in [0.5, 0.6) is 0 Å². The summed E-state index contributed by atoms with van der Waals surface area (Å²) in [6, 6.07) is 0. The second-order valence-corrected chi connectivity index (χ2v) is 6.19. The summed E-state index contributed by atoms with van der Waals surface area (Å²) in [5.41, 5.74) is 0. The van der Waals surface area contributed by atoms with Gasteiger partial charge in [-0.25, -0.2) is 0 Å². The zero-order chi connectivity index (χ0) is 10.5. The molecule has 0 unspecified atom stereocenters. The molecule has 0 bridgehead atoms. The number of rotatable bonds is 11. The van der Waals surface area contributed by atoms with Crippen LogP contribution in [-0.4, -0.2) is 52.5 Å². The van der Waals surface area contributed by atoms with Crippen LogP contribution in [0.4, 0.5) is 0 Å². The molecule has 0 aromatic heterocycles. The lowest BCUT2D eigenvalue weighted by molar-refractivity contribution is -0.107. The van der Waals surface area contributed by atoms with E-state index in [1.807, 2.05) is 23.5 Å². The van der Waals surface area contributed by atoms with E-state index in [1.54, 1.807) is 11.8 Å². The van der Waals surface area contributed by atoms with Crippen molar-refractivity contribution in [2.24, 2.45) is 0 Å². The average molecular weight is 254 g/mol. The van der Waals surface area contributed by atoms with Gasteiger partial charge in [0.15, 0.2) is 0 Å². The number of thioether (sulfide) groups is 3. The van der Waals surface area contributed by atoms with Crippen molar-refractivity contribution < 1.29 is 9.90 Å². The fourth-order valence-electron chi connectivity index (χ4n) is 0.738. The lowest BCUT2D eigenvalue weighted by atomic mass is 10.6. The normalized spacial score (nSPS) is 10.4. The molecule has 1 N–H and O–H groups in total. The largest absolute Gasteiger partial charge is 0.396 e. The standard InChI is InChI=1S/C9H18O2S3/c10-2-1-4-12-6-8-14-9-7-13-5-3-11/h2,11H,1,3-9H2. The van der Waals surface area contributed by atoms with Gasteiger partial charge < -0.3 is 9.90 Å². The predicted octanol–water partition coefficient (Wildman–Crippen LogP) is 1.77. The average Bonchev–Trinajstić information content (AvgIpc) is 2.21. The molecule has 84 valence electrons. The summed E-state index contributed by atoms with van der Waals surface area (Å²) in [5, 5.41) is 8.53. The predicted molar refractivity (Wildman–Crippen MR) is 69.7 cm³/mol. The monoisotopic (exact) mass is 254 g/mol. The van der Waals surface area contributed by atoms with Gasteiger partial charge in [-0.05, 0) is 5.75 Å². The molecule has 0 amide bonds. The molecule has 0 aromatic rings. The summed E-state index contributed by atoms with van der Waals surface area (Å²) < 4.78 is 0. The van der Waals surface area contributed by atoms with Crippen LogP contribution in [-0.2, 0) is 4.79 Å². The molecule has 0 fully saturated rings. The molecule has 0 heterocycles. The van der Waals surface area contributed by atoms with E-state index in [0.29, 0.717) is 6.42 Å². The molecule has 0 rings (SSSR count). The maximum absolute atomic E-state index is 10.00. The minimum Gasteiger partial charge on any atom is -0.396 e. The van der Waals surface area contributed by atoms with Crippen molar-refractivity contribution in [1.29, 1.82) is 0 Å². The number of carbonyl (C=O) groups is 1. The van der Waals surface area contributed by atoms with Crippen molar-refractivity contribution in [2.75, 3.05) is 41.1 Å². The Labute approximate surface area is 99.0 Å². The van der Waals surface area contributed by atoms with E-state index in [2.05, 4.69) is 0 Å². The topological polar surface area (TPSA) is 37.3 Å². The molecular weight excluding hydrogens is 236 g/mol. The van der Waals surface area contributed by atoms with Gasteiger partial charge in [-0.3, -0.25) is 0 Å². The van der Waals surface area contributed by atoms with Gasteiger partial charge in [0.2, 0.25) is 0 Å². The van der Waals surface area contributed by atoms with Gasteiger partial charge >= 0.3 is 0 Å². The molecular formula is C9H18O2S3. The summed E-state index contributed by atoms with van der Waals surface area (Å²) in [6.45, 7) is 0.289. The molecule has 5 heteroatoms. The van der Waals surface area contributed by atoms with Crippen LogP contribution < -0.4 is 0 Å². The van der Waals surface area contributed by atoms with Gasteiger partial charge in [-0.2, -0.15) is 35.3 Å². The zero-order valence-electron chi connectivity index (χ0n) is 8.31. The Morgan fingerprint density at radius 2 is 1.36 bits per heavy atom. The summed E-state index contributed by atoms with van der Waals surface area (Å²) in [5.74, 6) is 6.42. The highest BCUT2D eigenvalue weighted by Crippen LogP contribution is 2.10. The highest BCUT2D eigenvalue weighted by Gasteiger charge is 1.92. The molecule has 0 atom stereocenters. The first-order chi connectivity index (χ1) is 6.91. The van der Waals surface area contributed by atoms with Crippen molar-refractivity contribution in [3.05, 3.63) is 0 Å². The van der Waals surface area contributed by atoms with E-state index in [4.69, 9.17) is 5.11 Å². The number of hydrogen-bond donors (Lipinski definition) is 1. The Bertz CT molecular complexity index is 123. The third-order valence-electron chi connectivity index (χ3n) is 1.36. The summed E-state index contributed by atoms with van der Waals surface area (Å²) >= 11 is 5.60. The van der Waals surface area contributed by atoms with E-state index in [9.17, 15) is 4.79 Å². The molecule has 14 heavy (non-hydrogen) atoms. The maximum Gasteiger partial charge on any atom is 0.120 e. The molecule has 0 saturated heterocycles. The molecule has 0 spiro atoms. The van der Waals surface area contributed by atoms with Gasteiger partial charge in [0.1, 0.15) is 6.29 Å². The van der Waals surface area contributed by atoms with Crippen molar-refractivity contribution in [3.63, 3.8) is 0 Å². The number of aliphatic hydroxyl groups is 1. The van der Waals surface area contributed by atoms with Gasteiger partial charge in [0.25, 0.3) is 0 Å². The van der Waals surface area contributed by atoms with Gasteiger partial charge in [0.05, 0.1) is 6.61 Å². The van der Waals surface area contributed by atoms with E-state index in [1.165, 1.54) is 11.5 Å². The lowest BCUT2D eigenvalue weighted by Crippen LogP contribution is -1.93. The van der Waals surface area contributed by atoms with Crippen LogP contribution in [0.15, 0.2) is 0 Å². The highest BCUT2D eigenvalue weighted by atomic mass is 32.2. The van der Waals surface area contributed by atoms with Crippen LogP contribution in [0.3, 0.4) is 0 Å². The Morgan fingerprint density at radius 1 is 0.857 bits per heavy atom. The summed E-state index contributed by atoms with van der Waals surface area (Å²) in [4.78, 5) is 10.00. The fourth-order valence-corrected chi connectivity index (χ4v) is 3.63. The number of hydrogen-bond acceptors (Lipinski definition) is 5. The molecule has 2 nitrogen and oxygen atoms in total. The van der Waals surface area contributed by atoms with Crippen molar-refractivity contribution >= 4 is 41.6 Å². The first kappa shape index (κ1) is 14.7. The van der Waals surface area contributed by atoms with Crippen LogP contribution in [0, 0.1) is 0 Å². The van der Waals surface area contributed by atoms with Crippen LogP contribution in [0.1, 0.15) is 6.42 Å². The lowest BCUT2D eigenvalue weighted by Gasteiger charge is -2.00. The van der Waals surface area contributed by atoms with Crippen LogP contribution in [0.25, 0.3) is 0 Å². The third kappa shape index (κ3) is 12.7. The Kier molecular flexibility index (Phi) is 14.3. The second-order valence-electron chi connectivity index (χ2n) is 2.52. The van der Waals surface area contributed by atoms with Crippen LogP contribution >= 0.6 is 35.3 Å². The van der Waals surface area contributed by atoms with E-state index in [-0.39, 0.29) is 6.61 Å². The molecule has 0 aromatic carbocycles. The smallest absolute Gasteiger partial charge is 0.120 e. The van der Waals surface area contributed by atoms with E-state index in [0.717, 1.165) is 29.3 Å².